The number of aliphatic hydroxyl groups excluding tert-OH is 1. The Labute approximate surface area is 100 Å². The predicted molar refractivity (Wildman–Crippen MR) is 68.6 cm³/mol. The van der Waals surface area contributed by atoms with Gasteiger partial charge in [-0.05, 0) is 52.6 Å². The smallest absolute Gasteiger partial charge is 0.0662 e. The lowest BCUT2D eigenvalue weighted by atomic mass is 10.1. The van der Waals surface area contributed by atoms with Crippen molar-refractivity contribution >= 4 is 0 Å². The Morgan fingerprint density at radius 3 is 2.69 bits per heavy atom. The van der Waals surface area contributed by atoms with Crippen LogP contribution in [0, 0.1) is 0 Å². The minimum absolute atomic E-state index is 0.176. The summed E-state index contributed by atoms with van der Waals surface area (Å²) in [5.74, 6) is 0. The van der Waals surface area contributed by atoms with Crippen LogP contribution in [0.15, 0.2) is 0 Å². The molecule has 0 aromatic carbocycles. The Bertz CT molecular complexity index is 185. The lowest BCUT2D eigenvalue weighted by molar-refractivity contribution is 0.161. The molecule has 0 aromatic rings. The molecular formula is C13H28N2O. The van der Waals surface area contributed by atoms with Crippen LogP contribution in [0.2, 0.25) is 0 Å². The van der Waals surface area contributed by atoms with E-state index in [2.05, 4.69) is 24.1 Å². The van der Waals surface area contributed by atoms with E-state index in [1.165, 1.54) is 32.4 Å². The molecule has 0 spiro atoms. The van der Waals surface area contributed by atoms with Gasteiger partial charge in [0, 0.05) is 18.6 Å². The normalized spacial score (nSPS) is 25.7. The van der Waals surface area contributed by atoms with Crippen LogP contribution in [0.4, 0.5) is 0 Å². The van der Waals surface area contributed by atoms with E-state index in [9.17, 15) is 5.11 Å². The molecule has 0 saturated carbocycles. The lowest BCUT2D eigenvalue weighted by Crippen LogP contribution is -2.37. The van der Waals surface area contributed by atoms with E-state index in [-0.39, 0.29) is 6.10 Å². The first-order valence-electron chi connectivity index (χ1n) is 6.79. The number of likely N-dealkylation sites (tertiary alicyclic amines) is 1. The van der Waals surface area contributed by atoms with Gasteiger partial charge in [0.05, 0.1) is 6.10 Å². The van der Waals surface area contributed by atoms with Gasteiger partial charge in [0.15, 0.2) is 0 Å². The fourth-order valence-corrected chi connectivity index (χ4v) is 2.29. The summed E-state index contributed by atoms with van der Waals surface area (Å²) >= 11 is 0. The second kappa shape index (κ2) is 7.25. The van der Waals surface area contributed by atoms with Crippen LogP contribution in [0.3, 0.4) is 0 Å². The molecule has 0 bridgehead atoms. The van der Waals surface area contributed by atoms with Crippen LogP contribution >= 0.6 is 0 Å². The van der Waals surface area contributed by atoms with E-state index >= 15 is 0 Å². The molecular weight excluding hydrogens is 200 g/mol. The van der Waals surface area contributed by atoms with Gasteiger partial charge in [-0.2, -0.15) is 0 Å². The van der Waals surface area contributed by atoms with Crippen molar-refractivity contribution in [2.75, 3.05) is 19.6 Å². The Hall–Kier alpha value is -0.120. The average Bonchev–Trinajstić information content (AvgIpc) is 2.51. The van der Waals surface area contributed by atoms with E-state index in [1.807, 2.05) is 6.92 Å². The molecule has 3 heteroatoms. The van der Waals surface area contributed by atoms with Gasteiger partial charge in [0.2, 0.25) is 0 Å². The van der Waals surface area contributed by atoms with E-state index in [0.717, 1.165) is 13.0 Å². The molecule has 0 aromatic heterocycles. The molecule has 16 heavy (non-hydrogen) atoms. The molecule has 1 heterocycles. The SMILES string of the molecule is CCC(O)CNC1CCCN(C(C)C)CC1. The molecule has 2 atom stereocenters. The molecule has 96 valence electrons. The third-order valence-corrected chi connectivity index (χ3v) is 3.61. The minimum atomic E-state index is -0.176. The first-order chi connectivity index (χ1) is 7.63. The van der Waals surface area contributed by atoms with E-state index in [1.54, 1.807) is 0 Å². The van der Waals surface area contributed by atoms with Gasteiger partial charge in [0.25, 0.3) is 0 Å². The number of rotatable bonds is 5. The summed E-state index contributed by atoms with van der Waals surface area (Å²) in [4.78, 5) is 2.55. The standard InChI is InChI=1S/C13H28N2O/c1-4-13(16)10-14-12-6-5-8-15(9-7-12)11(2)3/h11-14,16H,4-10H2,1-3H3. The molecule has 1 fully saturated rings. The number of hydrogen-bond acceptors (Lipinski definition) is 3. The molecule has 1 aliphatic rings. The summed E-state index contributed by atoms with van der Waals surface area (Å²) in [7, 11) is 0. The van der Waals surface area contributed by atoms with Crippen LogP contribution in [0.25, 0.3) is 0 Å². The summed E-state index contributed by atoms with van der Waals surface area (Å²) < 4.78 is 0. The maximum Gasteiger partial charge on any atom is 0.0662 e. The largest absolute Gasteiger partial charge is 0.392 e. The van der Waals surface area contributed by atoms with Crippen LogP contribution in [0.1, 0.15) is 46.5 Å². The molecule has 2 unspecified atom stereocenters. The molecule has 1 aliphatic heterocycles. The number of hydrogen-bond donors (Lipinski definition) is 2. The quantitative estimate of drug-likeness (QED) is 0.750. The highest BCUT2D eigenvalue weighted by atomic mass is 16.3. The number of nitrogens with zero attached hydrogens (tertiary/aromatic N) is 1. The lowest BCUT2D eigenvalue weighted by Gasteiger charge is -2.24. The highest BCUT2D eigenvalue weighted by molar-refractivity contribution is 4.77. The van der Waals surface area contributed by atoms with Crippen molar-refractivity contribution < 1.29 is 5.11 Å². The van der Waals surface area contributed by atoms with Crippen molar-refractivity contribution in [3.05, 3.63) is 0 Å². The molecule has 0 aliphatic carbocycles. The molecule has 0 radical (unpaired) electrons. The maximum absolute atomic E-state index is 9.53. The fourth-order valence-electron chi connectivity index (χ4n) is 2.29. The maximum atomic E-state index is 9.53. The summed E-state index contributed by atoms with van der Waals surface area (Å²) in [5, 5.41) is 13.0. The Morgan fingerprint density at radius 1 is 1.31 bits per heavy atom. The predicted octanol–water partition coefficient (Wildman–Crippen LogP) is 1.61. The van der Waals surface area contributed by atoms with Gasteiger partial charge in [-0.3, -0.25) is 0 Å². The Kier molecular flexibility index (Phi) is 6.32. The molecule has 1 rings (SSSR count). The number of aliphatic hydroxyl groups is 1. The third kappa shape index (κ3) is 4.81. The van der Waals surface area contributed by atoms with Crippen LogP contribution in [-0.4, -0.2) is 47.8 Å². The molecule has 2 N–H and O–H groups in total. The second-order valence-corrected chi connectivity index (χ2v) is 5.23. The Balaban J connectivity index is 2.25. The van der Waals surface area contributed by atoms with E-state index in [0.29, 0.717) is 12.1 Å². The average molecular weight is 228 g/mol. The highest BCUT2D eigenvalue weighted by Gasteiger charge is 2.18. The third-order valence-electron chi connectivity index (χ3n) is 3.61. The van der Waals surface area contributed by atoms with Crippen LogP contribution < -0.4 is 5.32 Å². The first-order valence-corrected chi connectivity index (χ1v) is 6.79. The summed E-state index contributed by atoms with van der Waals surface area (Å²) in [6, 6.07) is 1.27. The zero-order chi connectivity index (χ0) is 12.0. The zero-order valence-electron chi connectivity index (χ0n) is 11.1. The van der Waals surface area contributed by atoms with Crippen LogP contribution in [0.5, 0.6) is 0 Å². The fraction of sp³-hybridized carbons (Fsp3) is 1.00. The van der Waals surface area contributed by atoms with Gasteiger partial charge in [-0.15, -0.1) is 0 Å². The van der Waals surface area contributed by atoms with Gasteiger partial charge < -0.3 is 15.3 Å². The van der Waals surface area contributed by atoms with E-state index < -0.39 is 0 Å². The van der Waals surface area contributed by atoms with Crippen molar-refractivity contribution in [1.82, 2.24) is 10.2 Å². The van der Waals surface area contributed by atoms with E-state index in [4.69, 9.17) is 0 Å². The molecule has 0 amide bonds. The highest BCUT2D eigenvalue weighted by Crippen LogP contribution is 2.13. The second-order valence-electron chi connectivity index (χ2n) is 5.23. The summed E-state index contributed by atoms with van der Waals surface area (Å²) in [6.07, 6.45) is 4.41. The van der Waals surface area contributed by atoms with Gasteiger partial charge in [0.1, 0.15) is 0 Å². The van der Waals surface area contributed by atoms with Crippen molar-refractivity contribution in [1.29, 1.82) is 0 Å². The first kappa shape index (κ1) is 13.9. The van der Waals surface area contributed by atoms with Gasteiger partial charge in [-0.1, -0.05) is 6.92 Å². The molecule has 1 saturated heterocycles. The van der Waals surface area contributed by atoms with Crippen molar-refractivity contribution in [2.24, 2.45) is 0 Å². The minimum Gasteiger partial charge on any atom is -0.392 e. The topological polar surface area (TPSA) is 35.5 Å². The monoisotopic (exact) mass is 228 g/mol. The van der Waals surface area contributed by atoms with Crippen molar-refractivity contribution in [3.8, 4) is 0 Å². The Morgan fingerprint density at radius 2 is 2.06 bits per heavy atom. The summed E-state index contributed by atoms with van der Waals surface area (Å²) in [6.45, 7) is 9.75. The number of nitrogens with one attached hydrogen (secondary N) is 1. The van der Waals surface area contributed by atoms with Crippen molar-refractivity contribution in [3.63, 3.8) is 0 Å². The zero-order valence-corrected chi connectivity index (χ0v) is 11.1. The van der Waals surface area contributed by atoms with Crippen LogP contribution in [-0.2, 0) is 0 Å². The molecule has 3 nitrogen and oxygen atoms in total. The summed E-state index contributed by atoms with van der Waals surface area (Å²) in [5.41, 5.74) is 0. The van der Waals surface area contributed by atoms with Gasteiger partial charge in [-0.25, -0.2) is 0 Å². The van der Waals surface area contributed by atoms with Gasteiger partial charge >= 0.3 is 0 Å². The van der Waals surface area contributed by atoms with Crippen molar-refractivity contribution in [2.45, 2.75) is 64.6 Å².